The van der Waals surface area contributed by atoms with E-state index in [0.29, 0.717) is 11.5 Å². The van der Waals surface area contributed by atoms with Crippen LogP contribution in [0.15, 0.2) is 0 Å². The van der Waals surface area contributed by atoms with E-state index in [0.717, 1.165) is 13.2 Å². The second-order valence-corrected chi connectivity index (χ2v) is 5.81. The molecule has 2 aliphatic rings. The zero-order valence-electron chi connectivity index (χ0n) is 10.5. The van der Waals surface area contributed by atoms with Crippen molar-refractivity contribution >= 4 is 0 Å². The first-order valence-electron chi connectivity index (χ1n) is 7.16. The Morgan fingerprint density at radius 2 is 1.69 bits per heavy atom. The summed E-state index contributed by atoms with van der Waals surface area (Å²) in [5, 5.41) is 0. The molecular formula is C14H27NO. The van der Waals surface area contributed by atoms with Gasteiger partial charge in [-0.15, -0.1) is 0 Å². The number of ether oxygens (including phenoxy) is 1. The van der Waals surface area contributed by atoms with E-state index in [-0.39, 0.29) is 0 Å². The van der Waals surface area contributed by atoms with Crippen LogP contribution in [0.3, 0.4) is 0 Å². The van der Waals surface area contributed by atoms with Crippen LogP contribution in [-0.4, -0.2) is 19.3 Å². The minimum Gasteiger partial charge on any atom is -0.378 e. The molecule has 94 valence electrons. The lowest BCUT2D eigenvalue weighted by Crippen LogP contribution is -2.35. The zero-order chi connectivity index (χ0) is 11.3. The molecule has 1 atom stereocenters. The maximum Gasteiger partial charge on any atom is 0.0581 e. The zero-order valence-corrected chi connectivity index (χ0v) is 10.5. The lowest BCUT2D eigenvalue weighted by atomic mass is 9.72. The predicted octanol–water partition coefficient (Wildman–Crippen LogP) is 3.24. The molecule has 0 amide bonds. The summed E-state index contributed by atoms with van der Waals surface area (Å²) >= 11 is 0. The quantitative estimate of drug-likeness (QED) is 0.800. The molecule has 2 rings (SSSR count). The van der Waals surface area contributed by atoms with Gasteiger partial charge in [0, 0.05) is 6.61 Å². The van der Waals surface area contributed by atoms with Crippen LogP contribution >= 0.6 is 0 Å². The van der Waals surface area contributed by atoms with Crippen LogP contribution in [0.4, 0.5) is 0 Å². The fourth-order valence-corrected chi connectivity index (χ4v) is 3.44. The van der Waals surface area contributed by atoms with Gasteiger partial charge in [-0.3, -0.25) is 0 Å². The number of rotatable bonds is 3. The van der Waals surface area contributed by atoms with Gasteiger partial charge in [-0.25, -0.2) is 0 Å². The van der Waals surface area contributed by atoms with Crippen molar-refractivity contribution in [3.8, 4) is 0 Å². The Morgan fingerprint density at radius 1 is 1.00 bits per heavy atom. The number of hydrogen-bond acceptors (Lipinski definition) is 2. The SMILES string of the molecule is NCC1(CC2CCCO2)CCCCCCC1. The van der Waals surface area contributed by atoms with Gasteiger partial charge in [-0.05, 0) is 44.1 Å². The summed E-state index contributed by atoms with van der Waals surface area (Å²) < 4.78 is 5.80. The molecule has 1 unspecified atom stereocenters. The summed E-state index contributed by atoms with van der Waals surface area (Å²) in [5.74, 6) is 0. The second-order valence-electron chi connectivity index (χ2n) is 5.81. The third-order valence-electron chi connectivity index (χ3n) is 4.53. The van der Waals surface area contributed by atoms with Crippen LogP contribution in [-0.2, 0) is 4.74 Å². The highest BCUT2D eigenvalue weighted by Crippen LogP contribution is 2.39. The first kappa shape index (κ1) is 12.4. The first-order chi connectivity index (χ1) is 7.85. The van der Waals surface area contributed by atoms with Gasteiger partial charge in [0.2, 0.25) is 0 Å². The van der Waals surface area contributed by atoms with Crippen LogP contribution in [0.25, 0.3) is 0 Å². The van der Waals surface area contributed by atoms with Gasteiger partial charge >= 0.3 is 0 Å². The fourth-order valence-electron chi connectivity index (χ4n) is 3.44. The van der Waals surface area contributed by atoms with Crippen LogP contribution in [0, 0.1) is 5.41 Å². The van der Waals surface area contributed by atoms with Gasteiger partial charge in [-0.2, -0.15) is 0 Å². The minimum absolute atomic E-state index is 0.412. The molecule has 2 nitrogen and oxygen atoms in total. The number of hydrogen-bond donors (Lipinski definition) is 1. The summed E-state index contributed by atoms with van der Waals surface area (Å²) in [7, 11) is 0. The Labute approximate surface area is 99.9 Å². The largest absolute Gasteiger partial charge is 0.378 e. The molecule has 0 aromatic heterocycles. The average Bonchev–Trinajstić information content (AvgIpc) is 2.75. The van der Waals surface area contributed by atoms with Crippen molar-refractivity contribution in [1.82, 2.24) is 0 Å². The monoisotopic (exact) mass is 225 g/mol. The summed E-state index contributed by atoms with van der Waals surface area (Å²) in [6.07, 6.45) is 13.9. The maximum atomic E-state index is 6.08. The van der Waals surface area contributed by atoms with E-state index in [1.807, 2.05) is 0 Å². The van der Waals surface area contributed by atoms with Crippen molar-refractivity contribution in [3.63, 3.8) is 0 Å². The summed E-state index contributed by atoms with van der Waals surface area (Å²) in [6.45, 7) is 1.85. The summed E-state index contributed by atoms with van der Waals surface area (Å²) in [5.41, 5.74) is 6.49. The molecule has 2 N–H and O–H groups in total. The Kier molecular flexibility index (Phi) is 4.66. The molecule has 0 aromatic carbocycles. The molecule has 2 fully saturated rings. The van der Waals surface area contributed by atoms with Gasteiger partial charge in [0.15, 0.2) is 0 Å². The van der Waals surface area contributed by atoms with Crippen LogP contribution in [0.5, 0.6) is 0 Å². The predicted molar refractivity (Wildman–Crippen MR) is 67.4 cm³/mol. The van der Waals surface area contributed by atoms with Crippen molar-refractivity contribution in [1.29, 1.82) is 0 Å². The first-order valence-corrected chi connectivity index (χ1v) is 7.16. The Hall–Kier alpha value is -0.0800. The molecule has 1 aliphatic carbocycles. The molecule has 16 heavy (non-hydrogen) atoms. The number of nitrogens with two attached hydrogens (primary N) is 1. The molecule has 1 saturated carbocycles. The summed E-state index contributed by atoms with van der Waals surface area (Å²) in [6, 6.07) is 0. The lowest BCUT2D eigenvalue weighted by molar-refractivity contribution is 0.0517. The molecule has 0 radical (unpaired) electrons. The van der Waals surface area contributed by atoms with E-state index in [2.05, 4.69) is 0 Å². The van der Waals surface area contributed by atoms with Crippen molar-refractivity contribution in [2.24, 2.45) is 11.1 Å². The fraction of sp³-hybridized carbons (Fsp3) is 1.00. The van der Waals surface area contributed by atoms with E-state index in [1.165, 1.54) is 64.2 Å². The minimum atomic E-state index is 0.412. The molecule has 0 aromatic rings. The van der Waals surface area contributed by atoms with E-state index in [4.69, 9.17) is 10.5 Å². The molecule has 0 spiro atoms. The topological polar surface area (TPSA) is 35.2 Å². The Balaban J connectivity index is 1.91. The van der Waals surface area contributed by atoms with E-state index in [1.54, 1.807) is 0 Å². The van der Waals surface area contributed by atoms with E-state index in [9.17, 15) is 0 Å². The van der Waals surface area contributed by atoms with Crippen molar-refractivity contribution in [2.75, 3.05) is 13.2 Å². The van der Waals surface area contributed by atoms with Crippen molar-refractivity contribution < 1.29 is 4.74 Å². The highest BCUT2D eigenvalue weighted by Gasteiger charge is 2.33. The Morgan fingerprint density at radius 3 is 2.25 bits per heavy atom. The third-order valence-corrected chi connectivity index (χ3v) is 4.53. The van der Waals surface area contributed by atoms with Gasteiger partial charge in [-0.1, -0.05) is 32.1 Å². The second kappa shape index (κ2) is 6.02. The van der Waals surface area contributed by atoms with Crippen molar-refractivity contribution in [2.45, 2.75) is 70.3 Å². The average molecular weight is 225 g/mol. The van der Waals surface area contributed by atoms with Gasteiger partial charge in [0.1, 0.15) is 0 Å². The molecule has 1 aliphatic heterocycles. The standard InChI is InChI=1S/C14H27NO/c15-12-14(11-13-7-6-10-16-13)8-4-2-1-3-5-9-14/h13H,1-12,15H2. The van der Waals surface area contributed by atoms with E-state index < -0.39 is 0 Å². The van der Waals surface area contributed by atoms with Crippen LogP contribution < -0.4 is 5.73 Å². The summed E-state index contributed by atoms with van der Waals surface area (Å²) in [4.78, 5) is 0. The van der Waals surface area contributed by atoms with Gasteiger partial charge in [0.05, 0.1) is 6.10 Å². The Bertz CT molecular complexity index is 191. The molecule has 2 heteroatoms. The smallest absolute Gasteiger partial charge is 0.0581 e. The normalized spacial score (nSPS) is 30.9. The molecule has 1 heterocycles. The molecule has 0 bridgehead atoms. The molecule has 1 saturated heterocycles. The van der Waals surface area contributed by atoms with Crippen LogP contribution in [0.1, 0.15) is 64.2 Å². The molecular weight excluding hydrogens is 198 g/mol. The lowest BCUT2D eigenvalue weighted by Gasteiger charge is -2.36. The van der Waals surface area contributed by atoms with E-state index >= 15 is 0 Å². The van der Waals surface area contributed by atoms with Crippen molar-refractivity contribution in [3.05, 3.63) is 0 Å². The maximum absolute atomic E-state index is 6.08. The van der Waals surface area contributed by atoms with Crippen LogP contribution in [0.2, 0.25) is 0 Å². The van der Waals surface area contributed by atoms with Gasteiger partial charge in [0.25, 0.3) is 0 Å². The highest BCUT2D eigenvalue weighted by atomic mass is 16.5. The highest BCUT2D eigenvalue weighted by molar-refractivity contribution is 4.86. The third kappa shape index (κ3) is 3.21. The van der Waals surface area contributed by atoms with Gasteiger partial charge < -0.3 is 10.5 Å².